The third kappa shape index (κ3) is 3.42. The quantitative estimate of drug-likeness (QED) is 0.712. The Bertz CT molecular complexity index is 923. The van der Waals surface area contributed by atoms with Crippen molar-refractivity contribution in [3.63, 3.8) is 0 Å². The first-order chi connectivity index (χ1) is 12.5. The van der Waals surface area contributed by atoms with Crippen LogP contribution < -0.4 is 5.32 Å². The fraction of sp³-hybridized carbons (Fsp3) is 0.300. The first-order valence-corrected chi connectivity index (χ1v) is 8.62. The van der Waals surface area contributed by atoms with Crippen molar-refractivity contribution in [3.05, 3.63) is 71.5 Å². The summed E-state index contributed by atoms with van der Waals surface area (Å²) < 4.78 is 39.0. The Morgan fingerprint density at radius 1 is 0.923 bits per heavy atom. The Morgan fingerprint density at radius 3 is 2.54 bits per heavy atom. The number of rotatable bonds is 2. The highest BCUT2D eigenvalue weighted by atomic mass is 19.4. The summed E-state index contributed by atoms with van der Waals surface area (Å²) in [6, 6.07) is 11.8. The van der Waals surface area contributed by atoms with Gasteiger partial charge in [-0.15, -0.1) is 0 Å². The largest absolute Gasteiger partial charge is 0.416 e. The summed E-state index contributed by atoms with van der Waals surface area (Å²) in [5, 5.41) is 3.47. The molecule has 1 aliphatic heterocycles. The molecule has 1 aliphatic rings. The molecule has 2 heterocycles. The van der Waals surface area contributed by atoms with Crippen LogP contribution in [0.5, 0.6) is 0 Å². The number of piperidine rings is 1. The summed E-state index contributed by atoms with van der Waals surface area (Å²) in [5.74, 6) is 0.0982. The number of hydrogen-bond donors (Lipinski definition) is 1. The van der Waals surface area contributed by atoms with Gasteiger partial charge in [0, 0.05) is 18.4 Å². The van der Waals surface area contributed by atoms with Gasteiger partial charge >= 0.3 is 6.18 Å². The van der Waals surface area contributed by atoms with E-state index in [4.69, 9.17) is 0 Å². The van der Waals surface area contributed by atoms with Gasteiger partial charge in [-0.2, -0.15) is 13.2 Å². The van der Waals surface area contributed by atoms with Crippen LogP contribution in [0.15, 0.2) is 54.9 Å². The molecule has 1 saturated heterocycles. The summed E-state index contributed by atoms with van der Waals surface area (Å²) in [4.78, 5) is 8.61. The van der Waals surface area contributed by atoms with Gasteiger partial charge in [0.15, 0.2) is 0 Å². The third-order valence-corrected chi connectivity index (χ3v) is 4.98. The zero-order valence-corrected chi connectivity index (χ0v) is 14.0. The molecule has 26 heavy (non-hydrogen) atoms. The normalized spacial score (nSPS) is 21.0. The fourth-order valence-electron chi connectivity index (χ4n) is 3.64. The topological polar surface area (TPSA) is 37.8 Å². The monoisotopic (exact) mass is 357 g/mol. The van der Waals surface area contributed by atoms with E-state index in [1.165, 1.54) is 12.1 Å². The second-order valence-electron chi connectivity index (χ2n) is 6.66. The minimum Gasteiger partial charge on any atom is -0.310 e. The summed E-state index contributed by atoms with van der Waals surface area (Å²) in [5.41, 5.74) is 2.93. The predicted molar refractivity (Wildman–Crippen MR) is 93.7 cm³/mol. The number of fused-ring (bicyclic) bond motifs is 1. The van der Waals surface area contributed by atoms with Crippen LogP contribution in [0.2, 0.25) is 0 Å². The van der Waals surface area contributed by atoms with E-state index in [0.29, 0.717) is 0 Å². The van der Waals surface area contributed by atoms with Crippen LogP contribution >= 0.6 is 0 Å². The SMILES string of the molecule is FC(F)(F)c1cccc(C2CCNC(c3ccc4nccnc4c3)C2)c1. The van der Waals surface area contributed by atoms with Crippen molar-refractivity contribution in [3.8, 4) is 0 Å². The zero-order chi connectivity index (χ0) is 18.1. The highest BCUT2D eigenvalue weighted by Crippen LogP contribution is 2.37. The predicted octanol–water partition coefficient (Wildman–Crippen LogP) is 4.86. The van der Waals surface area contributed by atoms with Crippen molar-refractivity contribution in [2.24, 2.45) is 0 Å². The lowest BCUT2D eigenvalue weighted by Crippen LogP contribution is -2.31. The van der Waals surface area contributed by atoms with E-state index in [-0.39, 0.29) is 12.0 Å². The minimum absolute atomic E-state index is 0.0923. The fourth-order valence-corrected chi connectivity index (χ4v) is 3.64. The molecule has 3 aromatic rings. The first kappa shape index (κ1) is 17.0. The number of halogens is 3. The molecule has 3 nitrogen and oxygen atoms in total. The van der Waals surface area contributed by atoms with Gasteiger partial charge in [-0.3, -0.25) is 9.97 Å². The van der Waals surface area contributed by atoms with E-state index in [1.807, 2.05) is 18.2 Å². The maximum Gasteiger partial charge on any atom is 0.416 e. The van der Waals surface area contributed by atoms with Crippen LogP contribution in [0.1, 0.15) is 41.5 Å². The van der Waals surface area contributed by atoms with Crippen LogP contribution in [0.25, 0.3) is 11.0 Å². The van der Waals surface area contributed by atoms with Crippen LogP contribution in [-0.4, -0.2) is 16.5 Å². The molecule has 1 N–H and O–H groups in total. The Morgan fingerprint density at radius 2 is 1.73 bits per heavy atom. The lowest BCUT2D eigenvalue weighted by Gasteiger charge is -2.31. The van der Waals surface area contributed by atoms with E-state index < -0.39 is 11.7 Å². The number of benzene rings is 2. The molecule has 134 valence electrons. The summed E-state index contributed by atoms with van der Waals surface area (Å²) in [6.07, 6.45) is 0.591. The molecule has 0 bridgehead atoms. The highest BCUT2D eigenvalue weighted by molar-refractivity contribution is 5.74. The van der Waals surface area contributed by atoms with Crippen LogP contribution in [-0.2, 0) is 6.18 Å². The maximum absolute atomic E-state index is 13.0. The standard InChI is InChI=1S/C20H18F3N3/c21-20(22,23)16-3-1-2-13(10-16)14-6-7-24-18(11-14)15-4-5-17-19(12-15)26-9-8-25-17/h1-5,8-10,12,14,18,24H,6-7,11H2. The van der Waals surface area contributed by atoms with Crippen molar-refractivity contribution < 1.29 is 13.2 Å². The van der Waals surface area contributed by atoms with Gasteiger partial charge < -0.3 is 5.32 Å². The van der Waals surface area contributed by atoms with Crippen molar-refractivity contribution >= 4 is 11.0 Å². The van der Waals surface area contributed by atoms with Gasteiger partial charge in [0.1, 0.15) is 0 Å². The summed E-state index contributed by atoms with van der Waals surface area (Å²) in [7, 11) is 0. The Hall–Kier alpha value is -2.47. The van der Waals surface area contributed by atoms with Crippen LogP contribution in [0.3, 0.4) is 0 Å². The van der Waals surface area contributed by atoms with Gasteiger partial charge in [0.05, 0.1) is 16.6 Å². The highest BCUT2D eigenvalue weighted by Gasteiger charge is 2.32. The van der Waals surface area contributed by atoms with E-state index >= 15 is 0 Å². The van der Waals surface area contributed by atoms with Gasteiger partial charge in [0.25, 0.3) is 0 Å². The van der Waals surface area contributed by atoms with Gasteiger partial charge in [0.2, 0.25) is 0 Å². The van der Waals surface area contributed by atoms with Crippen molar-refractivity contribution in [1.82, 2.24) is 15.3 Å². The zero-order valence-electron chi connectivity index (χ0n) is 14.0. The smallest absolute Gasteiger partial charge is 0.310 e. The minimum atomic E-state index is -4.31. The number of alkyl halides is 3. The second kappa shape index (κ2) is 6.68. The van der Waals surface area contributed by atoms with Crippen molar-refractivity contribution in [1.29, 1.82) is 0 Å². The molecule has 2 aromatic carbocycles. The molecular weight excluding hydrogens is 339 g/mol. The first-order valence-electron chi connectivity index (χ1n) is 8.62. The average molecular weight is 357 g/mol. The van der Waals surface area contributed by atoms with E-state index in [2.05, 4.69) is 15.3 Å². The van der Waals surface area contributed by atoms with Gasteiger partial charge in [-0.25, -0.2) is 0 Å². The molecular formula is C20H18F3N3. The molecule has 0 saturated carbocycles. The molecule has 0 aliphatic carbocycles. The molecule has 2 atom stereocenters. The lowest BCUT2D eigenvalue weighted by molar-refractivity contribution is -0.137. The van der Waals surface area contributed by atoms with Crippen molar-refractivity contribution in [2.45, 2.75) is 31.0 Å². The summed E-state index contributed by atoms with van der Waals surface area (Å²) in [6.45, 7) is 0.768. The second-order valence-corrected chi connectivity index (χ2v) is 6.66. The molecule has 2 unspecified atom stereocenters. The van der Waals surface area contributed by atoms with E-state index in [1.54, 1.807) is 18.5 Å². The lowest BCUT2D eigenvalue weighted by atomic mass is 9.83. The van der Waals surface area contributed by atoms with E-state index in [0.717, 1.165) is 47.6 Å². The molecule has 4 rings (SSSR count). The van der Waals surface area contributed by atoms with Gasteiger partial charge in [-0.1, -0.05) is 24.3 Å². The molecule has 0 amide bonds. The van der Waals surface area contributed by atoms with Crippen LogP contribution in [0.4, 0.5) is 13.2 Å². The Kier molecular flexibility index (Phi) is 4.36. The van der Waals surface area contributed by atoms with Gasteiger partial charge in [-0.05, 0) is 54.6 Å². The van der Waals surface area contributed by atoms with E-state index in [9.17, 15) is 13.2 Å². The molecule has 0 spiro atoms. The summed E-state index contributed by atoms with van der Waals surface area (Å²) >= 11 is 0. The third-order valence-electron chi connectivity index (χ3n) is 4.98. The molecule has 1 aromatic heterocycles. The van der Waals surface area contributed by atoms with Crippen molar-refractivity contribution in [2.75, 3.05) is 6.54 Å². The Balaban J connectivity index is 1.59. The number of nitrogens with one attached hydrogen (secondary N) is 1. The number of hydrogen-bond acceptors (Lipinski definition) is 3. The Labute approximate surface area is 149 Å². The number of aromatic nitrogens is 2. The molecule has 0 radical (unpaired) electrons. The molecule has 6 heteroatoms. The van der Waals surface area contributed by atoms with Crippen LogP contribution in [0, 0.1) is 0 Å². The average Bonchev–Trinajstić information content (AvgIpc) is 2.67. The maximum atomic E-state index is 13.0. The number of nitrogens with zero attached hydrogens (tertiary/aromatic N) is 2. The molecule has 1 fully saturated rings.